The van der Waals surface area contributed by atoms with E-state index >= 15 is 0 Å². The molecule has 2 aromatic heterocycles. The third-order valence-corrected chi connectivity index (χ3v) is 4.99. The summed E-state index contributed by atoms with van der Waals surface area (Å²) in [5.74, 6) is -60.5. The number of hydrogen-bond donors (Lipinski definition) is 0. The Balaban J connectivity index is 2.75. The Morgan fingerprint density at radius 2 is 1.00 bits per heavy atom. The van der Waals surface area contributed by atoms with Gasteiger partial charge in [0.2, 0.25) is 0 Å². The molecule has 24 heteroatoms. The maximum atomic E-state index is 14.4. The Labute approximate surface area is 204 Å². The maximum Gasteiger partial charge on any atom is 0.460 e. The predicted molar refractivity (Wildman–Crippen MR) is 84.7 cm³/mol. The van der Waals surface area contributed by atoms with Crippen LogP contribution in [0.5, 0.6) is 0 Å². The van der Waals surface area contributed by atoms with Gasteiger partial charge in [-0.2, -0.15) is 92.5 Å². The number of pyridine rings is 1. The lowest BCUT2D eigenvalue weighted by Gasteiger charge is -2.42. The maximum absolute atomic E-state index is 14.4. The van der Waals surface area contributed by atoms with Crippen molar-refractivity contribution in [1.82, 2.24) is 14.7 Å². The molecule has 4 nitrogen and oxygen atoms in total. The molecule has 40 heavy (non-hydrogen) atoms. The fraction of sp³-hybridized carbons (Fsp3) is 0.625. The molecule has 0 amide bonds. The molecule has 0 N–H and O–H groups in total. The van der Waals surface area contributed by atoms with E-state index in [1.165, 1.54) is 0 Å². The number of nitrogens with zero attached hydrogens (tertiary/aromatic N) is 3. The smallest absolute Gasteiger partial charge is 0.415 e. The average Bonchev–Trinajstić information content (AvgIpc) is 3.16. The Morgan fingerprint density at radius 1 is 0.600 bits per heavy atom. The number of aromatic nitrogens is 3. The number of rotatable bonds is 8. The molecule has 0 unspecified atom stereocenters. The van der Waals surface area contributed by atoms with E-state index in [1.807, 2.05) is 0 Å². The summed E-state index contributed by atoms with van der Waals surface area (Å²) in [6.07, 6.45) is -14.1. The molecular formula is C16H5F20N3O. The van der Waals surface area contributed by atoms with Gasteiger partial charge < -0.3 is 4.84 Å². The molecule has 0 saturated heterocycles. The topological polar surface area (TPSA) is 39.9 Å². The Kier molecular flexibility index (Phi) is 7.28. The zero-order valence-corrected chi connectivity index (χ0v) is 18.0. The van der Waals surface area contributed by atoms with Gasteiger partial charge in [-0.25, -0.2) is 9.97 Å². The summed E-state index contributed by atoms with van der Waals surface area (Å²) in [7, 11) is 0.365. The van der Waals surface area contributed by atoms with E-state index < -0.39 is 93.4 Å². The van der Waals surface area contributed by atoms with Crippen LogP contribution >= 0.6 is 0 Å². The number of imidazole rings is 1. The second-order valence-electron chi connectivity index (χ2n) is 7.50. The molecule has 230 valence electrons. The zero-order chi connectivity index (χ0) is 31.9. The Morgan fingerprint density at radius 3 is 1.38 bits per heavy atom. The summed E-state index contributed by atoms with van der Waals surface area (Å²) < 4.78 is 267. The fourth-order valence-electron chi connectivity index (χ4n) is 2.82. The van der Waals surface area contributed by atoms with E-state index in [9.17, 15) is 87.8 Å². The quantitative estimate of drug-likeness (QED) is 0.295. The minimum absolute atomic E-state index is 0.365. The van der Waals surface area contributed by atoms with E-state index in [0.717, 1.165) is 0 Å². The van der Waals surface area contributed by atoms with E-state index in [-0.39, 0.29) is 0 Å². The van der Waals surface area contributed by atoms with E-state index in [1.54, 1.807) is 0 Å². The van der Waals surface area contributed by atoms with Crippen LogP contribution in [0.1, 0.15) is 11.4 Å². The zero-order valence-electron chi connectivity index (χ0n) is 18.0. The minimum atomic E-state index is -8.82. The fourth-order valence-corrected chi connectivity index (χ4v) is 2.82. The van der Waals surface area contributed by atoms with Crippen LogP contribution in [0.15, 0.2) is 12.3 Å². The lowest BCUT2D eigenvalue weighted by Crippen LogP contribution is -2.74. The van der Waals surface area contributed by atoms with Gasteiger partial charge in [-0.05, 0) is 6.07 Å². The van der Waals surface area contributed by atoms with E-state index in [0.29, 0.717) is 7.11 Å². The van der Waals surface area contributed by atoms with Gasteiger partial charge in [-0.1, -0.05) is 0 Å². The number of fused-ring (bicyclic) bond motifs is 1. The highest BCUT2D eigenvalue weighted by molar-refractivity contribution is 5.72. The van der Waals surface area contributed by atoms with Gasteiger partial charge in [0, 0.05) is 11.8 Å². The first-order valence-corrected chi connectivity index (χ1v) is 9.11. The van der Waals surface area contributed by atoms with Crippen molar-refractivity contribution in [2.24, 2.45) is 0 Å². The molecule has 0 aliphatic heterocycles. The van der Waals surface area contributed by atoms with E-state index in [4.69, 9.17) is 0 Å². The lowest BCUT2D eigenvalue weighted by molar-refractivity contribution is -0.462. The summed E-state index contributed by atoms with van der Waals surface area (Å²) in [5, 5.41) is 0. The van der Waals surface area contributed by atoms with Crippen LogP contribution in [0.4, 0.5) is 87.8 Å². The van der Waals surface area contributed by atoms with Crippen LogP contribution in [0.25, 0.3) is 11.2 Å². The standard InChI is InChI=1S/C16H5F20N3O/c1-40-39-5-2-4(3-37-6(5)38-7(39)9(19,20)21)8(17,18)10(22,23)11(24,25)12(26,27)13(28,29)14(30,31)15(32,33)16(34,35)36/h2-3H,1H3. The third-order valence-electron chi connectivity index (χ3n) is 4.99. The van der Waals surface area contributed by atoms with Crippen molar-refractivity contribution in [3.05, 3.63) is 23.7 Å². The molecule has 0 saturated carbocycles. The lowest BCUT2D eigenvalue weighted by atomic mass is 9.87. The highest BCUT2D eigenvalue weighted by atomic mass is 19.4. The highest BCUT2D eigenvalue weighted by Crippen LogP contribution is 2.65. The first-order chi connectivity index (χ1) is 17.4. The SMILES string of the molecule is COn1c(C(F)(F)F)nc2ncc(C(F)(F)C(F)(F)C(F)(F)C(F)(F)C(F)(F)C(F)(F)C(F)(F)C(F)(F)F)cc21. The van der Waals surface area contributed by atoms with Crippen LogP contribution < -0.4 is 4.84 Å². The molecule has 2 rings (SSSR count). The summed E-state index contributed by atoms with van der Waals surface area (Å²) in [5.41, 5.74) is -5.66. The minimum Gasteiger partial charge on any atom is -0.415 e. The number of hydrogen-bond acceptors (Lipinski definition) is 3. The molecule has 0 atom stereocenters. The molecule has 0 radical (unpaired) electrons. The first-order valence-electron chi connectivity index (χ1n) is 9.11. The van der Waals surface area contributed by atoms with Crippen molar-refractivity contribution in [1.29, 1.82) is 0 Å². The van der Waals surface area contributed by atoms with Crippen molar-refractivity contribution < 1.29 is 92.6 Å². The molecule has 0 fully saturated rings. The molecule has 0 aliphatic rings. The highest BCUT2D eigenvalue weighted by Gasteiger charge is 2.95. The number of halogens is 20. The third kappa shape index (κ3) is 4.13. The van der Waals surface area contributed by atoms with Gasteiger partial charge in [0.1, 0.15) is 12.6 Å². The van der Waals surface area contributed by atoms with Crippen molar-refractivity contribution in [2.75, 3.05) is 7.11 Å². The molecular weight excluding hydrogens is 630 g/mol. The molecule has 0 spiro atoms. The van der Waals surface area contributed by atoms with E-state index in [2.05, 4.69) is 14.8 Å². The summed E-state index contributed by atoms with van der Waals surface area (Å²) in [6.45, 7) is 0. The average molecular weight is 635 g/mol. The van der Waals surface area contributed by atoms with Gasteiger partial charge in [0.15, 0.2) is 5.65 Å². The Hall–Kier alpha value is -2.98. The van der Waals surface area contributed by atoms with Crippen molar-refractivity contribution >= 4 is 11.2 Å². The summed E-state index contributed by atoms with van der Waals surface area (Å²) >= 11 is 0. The van der Waals surface area contributed by atoms with Gasteiger partial charge >= 0.3 is 53.8 Å². The van der Waals surface area contributed by atoms with Crippen molar-refractivity contribution in [2.45, 2.75) is 53.8 Å². The monoisotopic (exact) mass is 635 g/mol. The van der Waals surface area contributed by atoms with Crippen LogP contribution in [-0.2, 0) is 12.1 Å². The van der Waals surface area contributed by atoms with Crippen LogP contribution in [0, 0.1) is 0 Å². The predicted octanol–water partition coefficient (Wildman–Crippen LogP) is 6.97. The van der Waals surface area contributed by atoms with Crippen LogP contribution in [0.3, 0.4) is 0 Å². The van der Waals surface area contributed by atoms with Crippen molar-refractivity contribution in [3.63, 3.8) is 0 Å². The normalized spacial score (nSPS) is 15.6. The van der Waals surface area contributed by atoms with Crippen LogP contribution in [-0.4, -0.2) is 63.5 Å². The largest absolute Gasteiger partial charge is 0.460 e. The Bertz CT molecular complexity index is 1260. The van der Waals surface area contributed by atoms with Gasteiger partial charge in [-0.15, -0.1) is 0 Å². The van der Waals surface area contributed by atoms with Gasteiger partial charge in [-0.3, -0.25) is 0 Å². The van der Waals surface area contributed by atoms with Gasteiger partial charge in [0.25, 0.3) is 5.82 Å². The number of alkyl halides is 20. The second kappa shape index (κ2) is 8.76. The first kappa shape index (κ1) is 33.2. The van der Waals surface area contributed by atoms with Gasteiger partial charge in [0.05, 0.1) is 0 Å². The summed E-state index contributed by atoms with van der Waals surface area (Å²) in [4.78, 5) is 9.42. The second-order valence-corrected chi connectivity index (χ2v) is 7.50. The molecule has 0 aromatic carbocycles. The molecule has 0 aliphatic carbocycles. The molecule has 2 aromatic rings. The molecule has 2 heterocycles. The summed E-state index contributed by atoms with van der Waals surface area (Å²) in [6, 6.07) is -0.652. The van der Waals surface area contributed by atoms with Crippen LogP contribution in [0.2, 0.25) is 0 Å². The van der Waals surface area contributed by atoms with Crippen molar-refractivity contribution in [3.8, 4) is 0 Å². The molecule has 0 bridgehead atoms.